The zero-order chi connectivity index (χ0) is 18.9. The van der Waals surface area contributed by atoms with E-state index in [9.17, 15) is 8.42 Å². The van der Waals surface area contributed by atoms with Gasteiger partial charge in [-0.15, -0.1) is 12.4 Å². The number of sulfonamides is 1. The highest BCUT2D eigenvalue weighted by molar-refractivity contribution is 7.89. The van der Waals surface area contributed by atoms with Crippen molar-refractivity contribution in [2.45, 2.75) is 24.3 Å². The van der Waals surface area contributed by atoms with Crippen molar-refractivity contribution >= 4 is 33.3 Å². The fourth-order valence-electron chi connectivity index (χ4n) is 3.58. The number of pyridine rings is 1. The second kappa shape index (κ2) is 8.57. The molecule has 148 valence electrons. The number of nitrogens with one attached hydrogen (secondary N) is 1. The molecule has 1 aliphatic heterocycles. The highest BCUT2D eigenvalue weighted by Crippen LogP contribution is 2.30. The van der Waals surface area contributed by atoms with Crippen LogP contribution in [0, 0.1) is 0 Å². The Bertz CT molecular complexity index is 1050. The number of aromatic nitrogens is 1. The lowest BCUT2D eigenvalue weighted by Gasteiger charge is -2.35. The zero-order valence-corrected chi connectivity index (χ0v) is 17.3. The minimum atomic E-state index is -3.60. The molecule has 1 fully saturated rings. The summed E-state index contributed by atoms with van der Waals surface area (Å²) in [5.74, 6) is 0. The minimum Gasteiger partial charge on any atom is -0.313 e. The first kappa shape index (κ1) is 20.7. The number of halogens is 1. The van der Waals surface area contributed by atoms with E-state index in [1.807, 2.05) is 24.3 Å². The molecular weight excluding hydrogens is 394 g/mol. The summed E-state index contributed by atoms with van der Waals surface area (Å²) in [5, 5.41) is 4.16. The van der Waals surface area contributed by atoms with Crippen molar-refractivity contribution in [1.29, 1.82) is 0 Å². The fourth-order valence-corrected chi connectivity index (χ4v) is 5.23. The van der Waals surface area contributed by atoms with Crippen molar-refractivity contribution in [3.05, 3.63) is 71.9 Å². The first-order valence-corrected chi connectivity index (χ1v) is 10.7. The molecule has 1 unspecified atom stereocenters. The fraction of sp³-hybridized carbons (Fsp3) is 0.286. The molecule has 3 aromatic rings. The summed E-state index contributed by atoms with van der Waals surface area (Å²) in [7, 11) is -3.60. The number of rotatable bonds is 4. The summed E-state index contributed by atoms with van der Waals surface area (Å²) >= 11 is 0. The molecule has 1 atom stereocenters. The zero-order valence-electron chi connectivity index (χ0n) is 15.7. The van der Waals surface area contributed by atoms with E-state index < -0.39 is 10.0 Å². The average molecular weight is 418 g/mol. The molecule has 7 heteroatoms. The number of benzene rings is 2. The van der Waals surface area contributed by atoms with Crippen LogP contribution < -0.4 is 5.32 Å². The Morgan fingerprint density at radius 2 is 1.93 bits per heavy atom. The highest BCUT2D eigenvalue weighted by atomic mass is 35.5. The van der Waals surface area contributed by atoms with Gasteiger partial charge in [0, 0.05) is 31.2 Å². The average Bonchev–Trinajstić information content (AvgIpc) is 2.73. The Kier molecular flexibility index (Phi) is 6.35. The Morgan fingerprint density at radius 1 is 1.14 bits per heavy atom. The van der Waals surface area contributed by atoms with Gasteiger partial charge in [0.25, 0.3) is 0 Å². The van der Waals surface area contributed by atoms with Crippen LogP contribution in [0.15, 0.2) is 65.7 Å². The first-order valence-electron chi connectivity index (χ1n) is 9.26. The Hall–Kier alpha value is -1.99. The lowest BCUT2D eigenvalue weighted by Crippen LogP contribution is -2.48. The summed E-state index contributed by atoms with van der Waals surface area (Å²) in [6.07, 6.45) is 2.68. The maximum atomic E-state index is 13.4. The number of hydrogen-bond acceptors (Lipinski definition) is 4. The lowest BCUT2D eigenvalue weighted by molar-refractivity contribution is 0.271. The number of nitrogens with zero attached hydrogens (tertiary/aromatic N) is 2. The maximum Gasteiger partial charge on any atom is 0.243 e. The Morgan fingerprint density at radius 3 is 2.68 bits per heavy atom. The largest absolute Gasteiger partial charge is 0.313 e. The van der Waals surface area contributed by atoms with Crippen LogP contribution in [0.2, 0.25) is 0 Å². The predicted molar refractivity (Wildman–Crippen MR) is 114 cm³/mol. The van der Waals surface area contributed by atoms with Gasteiger partial charge in [-0.25, -0.2) is 8.42 Å². The van der Waals surface area contributed by atoms with Gasteiger partial charge in [0.05, 0.1) is 16.5 Å². The molecule has 0 aliphatic carbocycles. The van der Waals surface area contributed by atoms with Gasteiger partial charge < -0.3 is 5.32 Å². The smallest absolute Gasteiger partial charge is 0.243 e. The lowest BCUT2D eigenvalue weighted by atomic mass is 10.0. The second-order valence-corrected chi connectivity index (χ2v) is 8.68. The van der Waals surface area contributed by atoms with Crippen LogP contribution >= 0.6 is 12.4 Å². The number of fused-ring (bicyclic) bond motifs is 1. The molecule has 0 saturated carbocycles. The number of aryl methyl sites for hydroxylation is 1. The quantitative estimate of drug-likeness (QED) is 0.705. The molecule has 1 saturated heterocycles. The minimum absolute atomic E-state index is 0. The molecule has 0 amide bonds. The highest BCUT2D eigenvalue weighted by Gasteiger charge is 2.34. The van der Waals surface area contributed by atoms with E-state index in [0.29, 0.717) is 24.5 Å². The maximum absolute atomic E-state index is 13.4. The van der Waals surface area contributed by atoms with Crippen LogP contribution in [-0.4, -0.2) is 37.3 Å². The van der Waals surface area contributed by atoms with E-state index in [1.165, 1.54) is 5.56 Å². The predicted octanol–water partition coefficient (Wildman–Crippen LogP) is 3.55. The van der Waals surface area contributed by atoms with Crippen molar-refractivity contribution in [2.75, 3.05) is 19.6 Å². The second-order valence-electron chi connectivity index (χ2n) is 6.79. The van der Waals surface area contributed by atoms with Crippen molar-refractivity contribution in [2.24, 2.45) is 0 Å². The van der Waals surface area contributed by atoms with Gasteiger partial charge in [-0.05, 0) is 41.8 Å². The van der Waals surface area contributed by atoms with E-state index in [0.717, 1.165) is 22.9 Å². The van der Waals surface area contributed by atoms with E-state index in [1.54, 1.807) is 28.7 Å². The third kappa shape index (κ3) is 3.91. The van der Waals surface area contributed by atoms with Crippen LogP contribution in [0.1, 0.15) is 24.1 Å². The van der Waals surface area contributed by atoms with Gasteiger partial charge in [0.2, 0.25) is 10.0 Å². The van der Waals surface area contributed by atoms with E-state index in [2.05, 4.69) is 29.4 Å². The molecule has 1 aliphatic rings. The molecule has 28 heavy (non-hydrogen) atoms. The SMILES string of the molecule is CCc1ccc(C2CNCCN2S(=O)(=O)c2ccc3ncccc3c2)cc1.Cl. The van der Waals surface area contributed by atoms with Crippen molar-refractivity contribution in [3.8, 4) is 0 Å². The van der Waals surface area contributed by atoms with Gasteiger partial charge in [0.1, 0.15) is 0 Å². The van der Waals surface area contributed by atoms with Gasteiger partial charge in [-0.2, -0.15) is 4.31 Å². The Balaban J connectivity index is 0.00000225. The third-order valence-electron chi connectivity index (χ3n) is 5.15. The molecular formula is C21H24ClN3O2S. The van der Waals surface area contributed by atoms with Gasteiger partial charge >= 0.3 is 0 Å². The third-order valence-corrected chi connectivity index (χ3v) is 7.05. The van der Waals surface area contributed by atoms with E-state index >= 15 is 0 Å². The monoisotopic (exact) mass is 417 g/mol. The topological polar surface area (TPSA) is 62.3 Å². The molecule has 0 radical (unpaired) electrons. The molecule has 5 nitrogen and oxygen atoms in total. The van der Waals surface area contributed by atoms with E-state index in [-0.39, 0.29) is 18.4 Å². The normalized spacial score (nSPS) is 18.0. The molecule has 2 heterocycles. The molecule has 0 bridgehead atoms. The van der Waals surface area contributed by atoms with Crippen LogP contribution in [0.3, 0.4) is 0 Å². The van der Waals surface area contributed by atoms with Crippen LogP contribution in [-0.2, 0) is 16.4 Å². The standard InChI is InChI=1S/C21H23N3O2S.ClH/c1-2-16-5-7-17(8-6-16)21-15-22-12-13-24(21)27(25,26)19-9-10-20-18(14-19)4-3-11-23-20;/h3-11,14,21-22H,2,12-13,15H2,1H3;1H. The van der Waals surface area contributed by atoms with Crippen molar-refractivity contribution < 1.29 is 8.42 Å². The molecule has 0 spiro atoms. The van der Waals surface area contributed by atoms with E-state index in [4.69, 9.17) is 0 Å². The van der Waals surface area contributed by atoms with Crippen molar-refractivity contribution in [1.82, 2.24) is 14.6 Å². The summed E-state index contributed by atoms with van der Waals surface area (Å²) in [6, 6.07) is 16.9. The number of piperazine rings is 1. The summed E-state index contributed by atoms with van der Waals surface area (Å²) in [6.45, 7) is 3.83. The van der Waals surface area contributed by atoms with Crippen LogP contribution in [0.5, 0.6) is 0 Å². The van der Waals surface area contributed by atoms with Crippen LogP contribution in [0.4, 0.5) is 0 Å². The first-order chi connectivity index (χ1) is 13.1. The molecule has 4 rings (SSSR count). The van der Waals surface area contributed by atoms with Gasteiger partial charge in [-0.3, -0.25) is 4.98 Å². The molecule has 2 aromatic carbocycles. The molecule has 1 N–H and O–H groups in total. The van der Waals surface area contributed by atoms with Crippen LogP contribution in [0.25, 0.3) is 10.9 Å². The molecule has 1 aromatic heterocycles. The van der Waals surface area contributed by atoms with Crippen molar-refractivity contribution in [3.63, 3.8) is 0 Å². The van der Waals surface area contributed by atoms with Gasteiger partial charge in [0.15, 0.2) is 0 Å². The summed E-state index contributed by atoms with van der Waals surface area (Å²) in [5.41, 5.74) is 3.06. The summed E-state index contributed by atoms with van der Waals surface area (Å²) < 4.78 is 28.5. The Labute approximate surface area is 172 Å². The number of hydrogen-bond donors (Lipinski definition) is 1. The summed E-state index contributed by atoms with van der Waals surface area (Å²) in [4.78, 5) is 4.60. The van der Waals surface area contributed by atoms with Gasteiger partial charge in [-0.1, -0.05) is 37.3 Å².